The number of nitrogens with two attached hydrogens (primary N) is 1. The Morgan fingerprint density at radius 3 is 2.88 bits per heavy atom. The fourth-order valence-electron chi connectivity index (χ4n) is 2.97. The summed E-state index contributed by atoms with van der Waals surface area (Å²) in [4.78, 5) is 6.57. The van der Waals surface area contributed by atoms with E-state index in [1.807, 2.05) is 12.4 Å². The van der Waals surface area contributed by atoms with E-state index >= 15 is 0 Å². The lowest BCUT2D eigenvalue weighted by molar-refractivity contribution is 0.321. The molecule has 1 aliphatic carbocycles. The summed E-state index contributed by atoms with van der Waals surface area (Å²) in [5.41, 5.74) is 8.18. The van der Waals surface area contributed by atoms with Crippen LogP contribution in [0, 0.1) is 5.92 Å². The summed E-state index contributed by atoms with van der Waals surface area (Å²) in [7, 11) is 2.20. The van der Waals surface area contributed by atoms with E-state index in [0.717, 1.165) is 11.5 Å². The number of hydrogen-bond donors (Lipinski definition) is 1. The van der Waals surface area contributed by atoms with Crippen LogP contribution in [0.3, 0.4) is 0 Å². The zero-order valence-corrected chi connectivity index (χ0v) is 10.9. The maximum absolute atomic E-state index is 5.79. The molecule has 0 amide bonds. The van der Waals surface area contributed by atoms with Gasteiger partial charge in [0, 0.05) is 43.3 Å². The van der Waals surface area contributed by atoms with Gasteiger partial charge in [-0.2, -0.15) is 0 Å². The van der Waals surface area contributed by atoms with E-state index in [4.69, 9.17) is 5.73 Å². The minimum Gasteiger partial charge on any atom is -0.371 e. The molecular formula is C14H23N3. The number of aromatic nitrogens is 1. The van der Waals surface area contributed by atoms with Gasteiger partial charge in [-0.05, 0) is 24.8 Å². The largest absolute Gasteiger partial charge is 0.371 e. The molecule has 2 atom stereocenters. The standard InChI is InChI=1S/C14H23N3/c1-11-5-3-4-6-13(11)17(2)14-7-8-16-10-12(14)9-15/h7-8,10-11,13H,3-6,9,15H2,1-2H3. The summed E-state index contributed by atoms with van der Waals surface area (Å²) >= 11 is 0. The van der Waals surface area contributed by atoms with Gasteiger partial charge in [-0.25, -0.2) is 0 Å². The predicted molar refractivity (Wildman–Crippen MR) is 72.0 cm³/mol. The monoisotopic (exact) mass is 233 g/mol. The third-order valence-corrected chi connectivity index (χ3v) is 4.04. The van der Waals surface area contributed by atoms with Gasteiger partial charge in [-0.15, -0.1) is 0 Å². The number of rotatable bonds is 3. The highest BCUT2D eigenvalue weighted by Gasteiger charge is 2.25. The highest BCUT2D eigenvalue weighted by molar-refractivity contribution is 5.52. The predicted octanol–water partition coefficient (Wildman–Crippen LogP) is 2.56. The van der Waals surface area contributed by atoms with Crippen LogP contribution >= 0.6 is 0 Å². The van der Waals surface area contributed by atoms with Crippen molar-refractivity contribution in [3.8, 4) is 0 Å². The van der Waals surface area contributed by atoms with E-state index in [-0.39, 0.29) is 0 Å². The fraction of sp³-hybridized carbons (Fsp3) is 0.643. The summed E-state index contributed by atoms with van der Waals surface area (Å²) in [6.07, 6.45) is 9.12. The molecule has 17 heavy (non-hydrogen) atoms. The van der Waals surface area contributed by atoms with Crippen molar-refractivity contribution in [1.82, 2.24) is 4.98 Å². The maximum atomic E-state index is 5.79. The van der Waals surface area contributed by atoms with Gasteiger partial charge < -0.3 is 10.6 Å². The van der Waals surface area contributed by atoms with Crippen LogP contribution in [0.15, 0.2) is 18.5 Å². The van der Waals surface area contributed by atoms with Gasteiger partial charge in [-0.3, -0.25) is 4.98 Å². The van der Waals surface area contributed by atoms with Crippen LogP contribution in [-0.2, 0) is 6.54 Å². The quantitative estimate of drug-likeness (QED) is 0.872. The molecule has 1 saturated carbocycles. The van der Waals surface area contributed by atoms with Gasteiger partial charge in [0.15, 0.2) is 0 Å². The Balaban J connectivity index is 2.20. The molecule has 2 unspecified atom stereocenters. The van der Waals surface area contributed by atoms with Crippen molar-refractivity contribution in [1.29, 1.82) is 0 Å². The molecule has 94 valence electrons. The van der Waals surface area contributed by atoms with Crippen molar-refractivity contribution < 1.29 is 0 Å². The molecule has 0 aromatic carbocycles. The van der Waals surface area contributed by atoms with Gasteiger partial charge in [0.05, 0.1) is 0 Å². The molecule has 2 rings (SSSR count). The van der Waals surface area contributed by atoms with Crippen molar-refractivity contribution in [2.24, 2.45) is 11.7 Å². The first-order valence-electron chi connectivity index (χ1n) is 6.60. The molecule has 0 aliphatic heterocycles. The number of pyridine rings is 1. The van der Waals surface area contributed by atoms with Gasteiger partial charge >= 0.3 is 0 Å². The van der Waals surface area contributed by atoms with Crippen LogP contribution in [0.5, 0.6) is 0 Å². The van der Waals surface area contributed by atoms with E-state index in [9.17, 15) is 0 Å². The summed E-state index contributed by atoms with van der Waals surface area (Å²) in [5, 5.41) is 0. The minimum absolute atomic E-state index is 0.564. The van der Waals surface area contributed by atoms with Crippen molar-refractivity contribution in [2.45, 2.75) is 45.2 Å². The van der Waals surface area contributed by atoms with Gasteiger partial charge in [0.25, 0.3) is 0 Å². The molecule has 0 spiro atoms. The van der Waals surface area contributed by atoms with Gasteiger partial charge in [-0.1, -0.05) is 19.8 Å². The minimum atomic E-state index is 0.564. The SMILES string of the molecule is CC1CCCCC1N(C)c1ccncc1CN. The molecule has 1 heterocycles. The summed E-state index contributed by atoms with van der Waals surface area (Å²) in [5.74, 6) is 0.771. The number of anilines is 1. The van der Waals surface area contributed by atoms with E-state index < -0.39 is 0 Å². The van der Waals surface area contributed by atoms with Crippen LogP contribution in [0.25, 0.3) is 0 Å². The third kappa shape index (κ3) is 2.60. The van der Waals surface area contributed by atoms with E-state index in [1.165, 1.54) is 31.4 Å². The topological polar surface area (TPSA) is 42.2 Å². The Hall–Kier alpha value is -1.09. The molecule has 2 N–H and O–H groups in total. The van der Waals surface area contributed by atoms with Gasteiger partial charge in [0.2, 0.25) is 0 Å². The first-order chi connectivity index (χ1) is 8.24. The van der Waals surface area contributed by atoms with Crippen LogP contribution in [0.4, 0.5) is 5.69 Å². The molecule has 1 aromatic rings. The summed E-state index contributed by atoms with van der Waals surface area (Å²) < 4.78 is 0. The molecule has 0 bridgehead atoms. The molecule has 3 heteroatoms. The lowest BCUT2D eigenvalue weighted by Gasteiger charge is -2.38. The summed E-state index contributed by atoms with van der Waals surface area (Å²) in [6, 6.07) is 2.74. The van der Waals surface area contributed by atoms with Crippen LogP contribution in [0.1, 0.15) is 38.2 Å². The molecule has 3 nitrogen and oxygen atoms in total. The van der Waals surface area contributed by atoms with E-state index in [1.54, 1.807) is 0 Å². The normalized spacial score (nSPS) is 24.6. The molecular weight excluding hydrogens is 210 g/mol. The zero-order chi connectivity index (χ0) is 12.3. The van der Waals surface area contributed by atoms with E-state index in [0.29, 0.717) is 12.6 Å². The number of nitrogens with zero attached hydrogens (tertiary/aromatic N) is 2. The first-order valence-corrected chi connectivity index (χ1v) is 6.60. The Kier molecular flexibility index (Phi) is 4.00. The molecule has 0 saturated heterocycles. The number of hydrogen-bond acceptors (Lipinski definition) is 3. The first kappa shape index (κ1) is 12.4. The molecule has 1 aromatic heterocycles. The third-order valence-electron chi connectivity index (χ3n) is 4.04. The Morgan fingerprint density at radius 2 is 2.18 bits per heavy atom. The van der Waals surface area contributed by atoms with Crippen molar-refractivity contribution in [3.05, 3.63) is 24.0 Å². The fourth-order valence-corrected chi connectivity index (χ4v) is 2.97. The lowest BCUT2D eigenvalue weighted by Crippen LogP contribution is -2.39. The Morgan fingerprint density at radius 1 is 1.41 bits per heavy atom. The second-order valence-electron chi connectivity index (χ2n) is 5.15. The lowest BCUT2D eigenvalue weighted by atomic mass is 9.85. The smallest absolute Gasteiger partial charge is 0.0442 e. The van der Waals surface area contributed by atoms with Crippen molar-refractivity contribution >= 4 is 5.69 Å². The van der Waals surface area contributed by atoms with E-state index in [2.05, 4.69) is 29.9 Å². The van der Waals surface area contributed by atoms with Crippen molar-refractivity contribution in [2.75, 3.05) is 11.9 Å². The van der Waals surface area contributed by atoms with Crippen molar-refractivity contribution in [3.63, 3.8) is 0 Å². The Bertz CT molecular complexity index is 364. The highest BCUT2D eigenvalue weighted by Crippen LogP contribution is 2.31. The average Bonchev–Trinajstić information content (AvgIpc) is 2.38. The maximum Gasteiger partial charge on any atom is 0.0442 e. The zero-order valence-electron chi connectivity index (χ0n) is 10.9. The highest BCUT2D eigenvalue weighted by atomic mass is 15.1. The molecule has 1 aliphatic rings. The van der Waals surface area contributed by atoms with Crippen LogP contribution in [-0.4, -0.2) is 18.1 Å². The average molecular weight is 233 g/mol. The van der Waals surface area contributed by atoms with Crippen LogP contribution in [0.2, 0.25) is 0 Å². The second kappa shape index (κ2) is 5.50. The van der Waals surface area contributed by atoms with Crippen LogP contribution < -0.4 is 10.6 Å². The summed E-state index contributed by atoms with van der Waals surface area (Å²) in [6.45, 7) is 2.93. The molecule has 1 fully saturated rings. The Labute approximate surface area is 104 Å². The van der Waals surface area contributed by atoms with Gasteiger partial charge in [0.1, 0.15) is 0 Å². The second-order valence-corrected chi connectivity index (χ2v) is 5.15. The molecule has 0 radical (unpaired) electrons.